The first-order valence-corrected chi connectivity index (χ1v) is 6.79. The zero-order valence-electron chi connectivity index (χ0n) is 9.14. The number of aliphatic hydroxyl groups excluding tert-OH is 1. The summed E-state index contributed by atoms with van der Waals surface area (Å²) in [4.78, 5) is 5.51. The molecular formula is C11H12ClN3OS. The van der Waals surface area contributed by atoms with Crippen molar-refractivity contribution in [1.29, 1.82) is 0 Å². The van der Waals surface area contributed by atoms with Crippen LogP contribution in [0.2, 0.25) is 4.34 Å². The van der Waals surface area contributed by atoms with Crippen LogP contribution >= 0.6 is 22.9 Å². The van der Waals surface area contributed by atoms with Gasteiger partial charge in [-0.1, -0.05) is 11.6 Å². The average molecular weight is 270 g/mol. The normalized spacial score (nSPS) is 19.3. The Morgan fingerprint density at radius 2 is 2.41 bits per heavy atom. The molecule has 90 valence electrons. The molecule has 1 unspecified atom stereocenters. The summed E-state index contributed by atoms with van der Waals surface area (Å²) in [6.45, 7) is 0.126. The Bertz CT molecular complexity index is 537. The Balaban J connectivity index is 2.01. The molecule has 0 saturated carbocycles. The van der Waals surface area contributed by atoms with Gasteiger partial charge in [0.1, 0.15) is 5.82 Å². The fourth-order valence-corrected chi connectivity index (χ4v) is 3.12. The quantitative estimate of drug-likeness (QED) is 0.911. The van der Waals surface area contributed by atoms with E-state index in [1.165, 1.54) is 11.3 Å². The molecule has 0 aromatic carbocycles. The van der Waals surface area contributed by atoms with Gasteiger partial charge < -0.3 is 5.11 Å². The molecule has 17 heavy (non-hydrogen) atoms. The van der Waals surface area contributed by atoms with Crippen molar-refractivity contribution in [2.75, 3.05) is 6.61 Å². The number of halogens is 1. The first-order valence-electron chi connectivity index (χ1n) is 5.60. The van der Waals surface area contributed by atoms with E-state index < -0.39 is 0 Å². The number of aryl methyl sites for hydroxylation is 1. The standard InChI is InChI=1S/C11H12ClN3OS/c12-9-5-4-8(17-9)11-13-10-3-1-2-7(6-16)15(10)14-11/h4-5,7,16H,1-3,6H2. The van der Waals surface area contributed by atoms with E-state index in [1.807, 2.05) is 16.8 Å². The van der Waals surface area contributed by atoms with Gasteiger partial charge in [-0.05, 0) is 25.0 Å². The third-order valence-electron chi connectivity index (χ3n) is 2.99. The number of hydrogen-bond acceptors (Lipinski definition) is 4. The van der Waals surface area contributed by atoms with Gasteiger partial charge in [0.05, 0.1) is 21.9 Å². The molecule has 2 aromatic heterocycles. The molecule has 6 heteroatoms. The van der Waals surface area contributed by atoms with Gasteiger partial charge in [0.25, 0.3) is 0 Å². The van der Waals surface area contributed by atoms with Crippen LogP contribution in [-0.4, -0.2) is 26.5 Å². The van der Waals surface area contributed by atoms with Crippen molar-refractivity contribution in [3.05, 3.63) is 22.3 Å². The lowest BCUT2D eigenvalue weighted by Crippen LogP contribution is -2.21. The maximum Gasteiger partial charge on any atom is 0.191 e. The zero-order chi connectivity index (χ0) is 11.8. The summed E-state index contributed by atoms with van der Waals surface area (Å²) >= 11 is 7.39. The summed E-state index contributed by atoms with van der Waals surface area (Å²) in [5.74, 6) is 1.69. The van der Waals surface area contributed by atoms with Crippen molar-refractivity contribution >= 4 is 22.9 Å². The smallest absolute Gasteiger partial charge is 0.191 e. The fourth-order valence-electron chi connectivity index (χ4n) is 2.14. The summed E-state index contributed by atoms with van der Waals surface area (Å²) in [6, 6.07) is 3.86. The molecule has 3 rings (SSSR count). The molecule has 0 saturated heterocycles. The van der Waals surface area contributed by atoms with Crippen molar-refractivity contribution in [3.8, 4) is 10.7 Å². The number of rotatable bonds is 2. The Morgan fingerprint density at radius 3 is 3.12 bits per heavy atom. The topological polar surface area (TPSA) is 50.9 Å². The summed E-state index contributed by atoms with van der Waals surface area (Å²) in [6.07, 6.45) is 2.97. The van der Waals surface area contributed by atoms with Crippen LogP contribution in [0.15, 0.2) is 12.1 Å². The SMILES string of the molecule is OCC1CCCc2nc(-c3ccc(Cl)s3)nn21. The molecular weight excluding hydrogens is 258 g/mol. The largest absolute Gasteiger partial charge is 0.394 e. The van der Waals surface area contributed by atoms with Crippen molar-refractivity contribution in [3.63, 3.8) is 0 Å². The third-order valence-corrected chi connectivity index (χ3v) is 4.22. The van der Waals surface area contributed by atoms with E-state index in [-0.39, 0.29) is 12.6 Å². The molecule has 0 aliphatic carbocycles. The first kappa shape index (κ1) is 11.2. The predicted octanol–water partition coefficient (Wildman–Crippen LogP) is 2.53. The number of fused-ring (bicyclic) bond motifs is 1. The second-order valence-corrected chi connectivity index (χ2v) is 5.84. The minimum absolute atomic E-state index is 0.0791. The van der Waals surface area contributed by atoms with Gasteiger partial charge in [0.15, 0.2) is 5.82 Å². The van der Waals surface area contributed by atoms with Crippen LogP contribution in [-0.2, 0) is 6.42 Å². The molecule has 1 aliphatic rings. The summed E-state index contributed by atoms with van der Waals surface area (Å²) in [7, 11) is 0. The van der Waals surface area contributed by atoms with E-state index in [0.717, 1.165) is 40.1 Å². The van der Waals surface area contributed by atoms with Crippen LogP contribution in [0.4, 0.5) is 0 Å². The minimum atomic E-state index is 0.0791. The lowest BCUT2D eigenvalue weighted by Gasteiger charge is -2.20. The molecule has 0 bridgehead atoms. The van der Waals surface area contributed by atoms with E-state index in [4.69, 9.17) is 11.6 Å². The highest BCUT2D eigenvalue weighted by atomic mass is 35.5. The van der Waals surface area contributed by atoms with E-state index in [9.17, 15) is 5.11 Å². The van der Waals surface area contributed by atoms with Gasteiger partial charge in [-0.25, -0.2) is 9.67 Å². The van der Waals surface area contributed by atoms with Gasteiger partial charge >= 0.3 is 0 Å². The third kappa shape index (κ3) is 1.99. The lowest BCUT2D eigenvalue weighted by molar-refractivity contribution is 0.195. The highest BCUT2D eigenvalue weighted by Crippen LogP contribution is 2.31. The van der Waals surface area contributed by atoms with Crippen LogP contribution < -0.4 is 0 Å². The van der Waals surface area contributed by atoms with Crippen molar-refractivity contribution < 1.29 is 5.11 Å². The molecule has 0 radical (unpaired) electrons. The minimum Gasteiger partial charge on any atom is -0.394 e. The molecule has 0 amide bonds. The summed E-state index contributed by atoms with van der Waals surface area (Å²) < 4.78 is 2.61. The van der Waals surface area contributed by atoms with Crippen LogP contribution in [0.3, 0.4) is 0 Å². The highest BCUT2D eigenvalue weighted by Gasteiger charge is 2.23. The number of nitrogens with zero attached hydrogens (tertiary/aromatic N) is 3. The molecule has 0 fully saturated rings. The van der Waals surface area contributed by atoms with E-state index in [0.29, 0.717) is 0 Å². The maximum atomic E-state index is 9.31. The van der Waals surface area contributed by atoms with Crippen molar-refractivity contribution in [2.45, 2.75) is 25.3 Å². The molecule has 1 aliphatic heterocycles. The monoisotopic (exact) mass is 269 g/mol. The van der Waals surface area contributed by atoms with E-state index in [2.05, 4.69) is 10.1 Å². The number of thiophene rings is 1. The number of aromatic nitrogens is 3. The molecule has 0 spiro atoms. The van der Waals surface area contributed by atoms with Crippen LogP contribution in [0.1, 0.15) is 24.7 Å². The highest BCUT2D eigenvalue weighted by molar-refractivity contribution is 7.19. The predicted molar refractivity (Wildman–Crippen MR) is 67.4 cm³/mol. The van der Waals surface area contributed by atoms with Crippen LogP contribution in [0.25, 0.3) is 10.7 Å². The number of aliphatic hydroxyl groups is 1. The summed E-state index contributed by atoms with van der Waals surface area (Å²) in [5.41, 5.74) is 0. The fraction of sp³-hybridized carbons (Fsp3) is 0.455. The Labute approximate surface area is 108 Å². The average Bonchev–Trinajstić information content (AvgIpc) is 2.93. The second-order valence-electron chi connectivity index (χ2n) is 4.13. The molecule has 3 heterocycles. The summed E-state index contributed by atoms with van der Waals surface area (Å²) in [5, 5.41) is 13.8. The molecule has 1 atom stereocenters. The Hall–Kier alpha value is -0.910. The molecule has 4 nitrogen and oxygen atoms in total. The van der Waals surface area contributed by atoms with Crippen molar-refractivity contribution in [2.24, 2.45) is 0 Å². The Morgan fingerprint density at radius 1 is 1.53 bits per heavy atom. The molecule has 1 N–H and O–H groups in total. The van der Waals surface area contributed by atoms with Crippen LogP contribution in [0, 0.1) is 0 Å². The first-order chi connectivity index (χ1) is 8.28. The maximum absolute atomic E-state index is 9.31. The lowest BCUT2D eigenvalue weighted by atomic mass is 10.1. The Kier molecular flexibility index (Phi) is 2.90. The van der Waals surface area contributed by atoms with Gasteiger partial charge in [-0.3, -0.25) is 0 Å². The van der Waals surface area contributed by atoms with Gasteiger partial charge in [0.2, 0.25) is 0 Å². The van der Waals surface area contributed by atoms with Crippen molar-refractivity contribution in [1.82, 2.24) is 14.8 Å². The van der Waals surface area contributed by atoms with Gasteiger partial charge in [-0.2, -0.15) is 0 Å². The van der Waals surface area contributed by atoms with E-state index in [1.54, 1.807) is 0 Å². The molecule has 2 aromatic rings. The van der Waals surface area contributed by atoms with E-state index >= 15 is 0 Å². The van der Waals surface area contributed by atoms with Crippen LogP contribution in [0.5, 0.6) is 0 Å². The zero-order valence-corrected chi connectivity index (χ0v) is 10.7. The van der Waals surface area contributed by atoms with Gasteiger partial charge in [0, 0.05) is 6.42 Å². The second kappa shape index (κ2) is 4.40. The van der Waals surface area contributed by atoms with Gasteiger partial charge in [-0.15, -0.1) is 16.4 Å². The number of hydrogen-bond donors (Lipinski definition) is 1.